The molecule has 10 heavy (non-hydrogen) atoms. The summed E-state index contributed by atoms with van der Waals surface area (Å²) in [4.78, 5) is 20.5. The van der Waals surface area contributed by atoms with Crippen LogP contribution in [-0.2, 0) is 9.59 Å². The number of halogens is 2. The quantitative estimate of drug-likeness (QED) is 0.498. The minimum atomic E-state index is -0.984. The summed E-state index contributed by atoms with van der Waals surface area (Å²) in [6.45, 7) is 0. The second-order valence-corrected chi connectivity index (χ2v) is 1.59. The van der Waals surface area contributed by atoms with Crippen molar-refractivity contribution < 1.29 is 14.0 Å². The van der Waals surface area contributed by atoms with E-state index in [-0.39, 0.29) is 12.4 Å². The number of allylic oxidation sites excluding steroid dienone is 4. The Bertz CT molecular complexity index is 230. The number of rotatable bonds is 0. The van der Waals surface area contributed by atoms with Crippen LogP contribution in [0.2, 0.25) is 0 Å². The van der Waals surface area contributed by atoms with Crippen LogP contribution in [0.1, 0.15) is 0 Å². The molecule has 1 aliphatic carbocycles. The van der Waals surface area contributed by atoms with Gasteiger partial charge in [-0.05, 0) is 12.2 Å². The van der Waals surface area contributed by atoms with Gasteiger partial charge in [-0.2, -0.15) is 0 Å². The number of hydrogen-bond donors (Lipinski definition) is 0. The van der Waals surface area contributed by atoms with Gasteiger partial charge in [0, 0.05) is 6.08 Å². The number of hydrogen-bond acceptors (Lipinski definition) is 2. The largest absolute Gasteiger partial charge is 0.290 e. The van der Waals surface area contributed by atoms with Gasteiger partial charge in [0.1, 0.15) is 0 Å². The van der Waals surface area contributed by atoms with Gasteiger partial charge in [-0.25, -0.2) is 4.39 Å². The molecule has 0 bridgehead atoms. The van der Waals surface area contributed by atoms with Gasteiger partial charge >= 0.3 is 0 Å². The van der Waals surface area contributed by atoms with E-state index in [1.165, 1.54) is 0 Å². The highest BCUT2D eigenvalue weighted by molar-refractivity contribution is 6.16. The van der Waals surface area contributed by atoms with E-state index in [4.69, 9.17) is 0 Å². The molecule has 4 heteroatoms. The zero-order valence-corrected chi connectivity index (χ0v) is 5.65. The van der Waals surface area contributed by atoms with Crippen LogP contribution >= 0.6 is 12.4 Å². The van der Waals surface area contributed by atoms with Gasteiger partial charge in [-0.15, -0.1) is 12.4 Å². The molecule has 0 saturated carbocycles. The third-order valence-corrected chi connectivity index (χ3v) is 0.903. The van der Waals surface area contributed by atoms with Crippen LogP contribution in [-0.4, -0.2) is 11.6 Å². The Labute approximate surface area is 62.8 Å². The van der Waals surface area contributed by atoms with Crippen LogP contribution in [0.5, 0.6) is 0 Å². The molecule has 0 heterocycles. The van der Waals surface area contributed by atoms with Crippen molar-refractivity contribution >= 4 is 24.0 Å². The highest BCUT2D eigenvalue weighted by Crippen LogP contribution is 2.04. The van der Waals surface area contributed by atoms with Crippen LogP contribution in [0.4, 0.5) is 4.39 Å². The van der Waals surface area contributed by atoms with Crippen molar-refractivity contribution in [1.29, 1.82) is 0 Å². The van der Waals surface area contributed by atoms with Crippen LogP contribution in [0.3, 0.4) is 0 Å². The smallest absolute Gasteiger partial charge is 0.214 e. The van der Waals surface area contributed by atoms with Crippen molar-refractivity contribution in [2.24, 2.45) is 0 Å². The fourth-order valence-electron chi connectivity index (χ4n) is 0.482. The Morgan fingerprint density at radius 3 is 2.20 bits per heavy atom. The second kappa shape index (κ2) is 3.27. The SMILES string of the molecule is Cl.O=C1C=CC(=O)C(F)=C1. The summed E-state index contributed by atoms with van der Waals surface area (Å²) in [5.41, 5.74) is 0. The second-order valence-electron chi connectivity index (χ2n) is 1.59. The Morgan fingerprint density at radius 1 is 1.20 bits per heavy atom. The fraction of sp³-hybridized carbons (Fsp3) is 0. The minimum absolute atomic E-state index is 0. The third-order valence-electron chi connectivity index (χ3n) is 0.903. The van der Waals surface area contributed by atoms with E-state index in [9.17, 15) is 14.0 Å². The van der Waals surface area contributed by atoms with Crippen molar-refractivity contribution in [3.8, 4) is 0 Å². The Morgan fingerprint density at radius 2 is 1.80 bits per heavy atom. The van der Waals surface area contributed by atoms with Gasteiger partial charge in [0.05, 0.1) is 0 Å². The monoisotopic (exact) mass is 162 g/mol. The van der Waals surface area contributed by atoms with Crippen molar-refractivity contribution in [2.75, 3.05) is 0 Å². The maximum Gasteiger partial charge on any atom is 0.214 e. The van der Waals surface area contributed by atoms with Gasteiger partial charge in [0.2, 0.25) is 5.78 Å². The van der Waals surface area contributed by atoms with Gasteiger partial charge in [0.15, 0.2) is 11.6 Å². The summed E-state index contributed by atoms with van der Waals surface area (Å²) in [5, 5.41) is 0. The lowest BCUT2D eigenvalue weighted by Gasteiger charge is -1.93. The summed E-state index contributed by atoms with van der Waals surface area (Å²) in [5.74, 6) is -2.20. The summed E-state index contributed by atoms with van der Waals surface area (Å²) in [6.07, 6.45) is 2.62. The summed E-state index contributed by atoms with van der Waals surface area (Å²) >= 11 is 0. The molecule has 1 aliphatic rings. The lowest BCUT2D eigenvalue weighted by molar-refractivity contribution is -0.115. The van der Waals surface area contributed by atoms with Crippen molar-refractivity contribution in [1.82, 2.24) is 0 Å². The molecule has 0 N–H and O–H groups in total. The molecular formula is C6H4ClFO2. The Kier molecular flexibility index (Phi) is 2.96. The predicted octanol–water partition coefficient (Wildman–Crippen LogP) is 0.970. The molecule has 0 aromatic rings. The van der Waals surface area contributed by atoms with Gasteiger partial charge in [0.25, 0.3) is 0 Å². The standard InChI is InChI=1S/C6H3FO2.ClH/c7-5-3-4(8)1-2-6(5)9;/h1-3H;1H. The van der Waals surface area contributed by atoms with Crippen molar-refractivity contribution in [2.45, 2.75) is 0 Å². The molecule has 0 aromatic heterocycles. The molecule has 0 unspecified atom stereocenters. The highest BCUT2D eigenvalue weighted by atomic mass is 35.5. The van der Waals surface area contributed by atoms with Crippen LogP contribution in [0, 0.1) is 0 Å². The number of ketones is 2. The molecule has 0 amide bonds. The van der Waals surface area contributed by atoms with Gasteiger partial charge < -0.3 is 0 Å². The molecule has 0 spiro atoms. The lowest BCUT2D eigenvalue weighted by atomic mass is 10.1. The van der Waals surface area contributed by atoms with Crippen LogP contribution in [0.15, 0.2) is 24.1 Å². The topological polar surface area (TPSA) is 34.1 Å². The third kappa shape index (κ3) is 1.77. The average molecular weight is 163 g/mol. The number of carbonyl (C=O) groups excluding carboxylic acids is 2. The zero-order valence-electron chi connectivity index (χ0n) is 4.83. The molecule has 54 valence electrons. The van der Waals surface area contributed by atoms with E-state index in [1.807, 2.05) is 0 Å². The average Bonchev–Trinajstić information content (AvgIpc) is 1.80. The van der Waals surface area contributed by atoms with Crippen molar-refractivity contribution in [3.05, 3.63) is 24.1 Å². The summed E-state index contributed by atoms with van der Waals surface area (Å²) < 4.78 is 12.1. The van der Waals surface area contributed by atoms with E-state index in [0.29, 0.717) is 6.08 Å². The highest BCUT2D eigenvalue weighted by Gasteiger charge is 2.10. The molecule has 1 rings (SSSR count). The van der Waals surface area contributed by atoms with Gasteiger partial charge in [-0.1, -0.05) is 0 Å². The minimum Gasteiger partial charge on any atom is -0.290 e. The van der Waals surface area contributed by atoms with E-state index in [2.05, 4.69) is 0 Å². The van der Waals surface area contributed by atoms with E-state index in [0.717, 1.165) is 12.2 Å². The normalized spacial score (nSPS) is 16.3. The molecule has 0 atom stereocenters. The van der Waals surface area contributed by atoms with E-state index < -0.39 is 17.4 Å². The Hall–Kier alpha value is -0.960. The first-order valence-corrected chi connectivity index (χ1v) is 2.34. The molecule has 0 fully saturated rings. The predicted molar refractivity (Wildman–Crippen MR) is 35.6 cm³/mol. The first-order chi connectivity index (χ1) is 4.20. The molecule has 0 aliphatic heterocycles. The summed E-state index contributed by atoms with van der Waals surface area (Å²) in [6, 6.07) is 0. The van der Waals surface area contributed by atoms with Gasteiger partial charge in [-0.3, -0.25) is 9.59 Å². The Balaban J connectivity index is 0.000000810. The maximum absolute atomic E-state index is 12.1. The molecule has 2 nitrogen and oxygen atoms in total. The fourth-order valence-corrected chi connectivity index (χ4v) is 0.482. The van der Waals surface area contributed by atoms with Crippen molar-refractivity contribution in [3.63, 3.8) is 0 Å². The molecular weight excluding hydrogens is 159 g/mol. The van der Waals surface area contributed by atoms with E-state index >= 15 is 0 Å². The van der Waals surface area contributed by atoms with Crippen LogP contribution in [0.25, 0.3) is 0 Å². The molecule has 0 radical (unpaired) electrons. The molecule has 0 saturated heterocycles. The van der Waals surface area contributed by atoms with E-state index in [1.54, 1.807) is 0 Å². The zero-order chi connectivity index (χ0) is 6.85. The first-order valence-electron chi connectivity index (χ1n) is 2.34. The maximum atomic E-state index is 12.1. The molecule has 0 aromatic carbocycles. The number of carbonyl (C=O) groups is 2. The van der Waals surface area contributed by atoms with Crippen LogP contribution < -0.4 is 0 Å². The summed E-state index contributed by atoms with van der Waals surface area (Å²) in [7, 11) is 0. The first kappa shape index (κ1) is 9.04. The lowest BCUT2D eigenvalue weighted by Crippen LogP contribution is -2.02.